The Kier molecular flexibility index (Phi) is 5.14. The minimum Gasteiger partial charge on any atom is -0.0996 e. The summed E-state index contributed by atoms with van der Waals surface area (Å²) in [4.78, 5) is 0. The van der Waals surface area contributed by atoms with Crippen LogP contribution in [0.25, 0.3) is 0 Å². The molecule has 1 rings (SSSR count). The molecule has 0 radical (unpaired) electrons. The Bertz CT molecular complexity index is 232. The Balaban J connectivity index is 2.23. The van der Waals surface area contributed by atoms with Gasteiger partial charge in [0.25, 0.3) is 0 Å². The van der Waals surface area contributed by atoms with Crippen LogP contribution >= 0.6 is 0 Å². The summed E-state index contributed by atoms with van der Waals surface area (Å²) in [6, 6.07) is 0. The van der Waals surface area contributed by atoms with Gasteiger partial charge in [0.05, 0.1) is 0 Å². The van der Waals surface area contributed by atoms with Gasteiger partial charge >= 0.3 is 0 Å². The fraction of sp³-hybridized carbons (Fsp3) is 0.733. The molecular formula is C15H26. The van der Waals surface area contributed by atoms with E-state index < -0.39 is 0 Å². The second-order valence-corrected chi connectivity index (χ2v) is 5.47. The quantitative estimate of drug-likeness (QED) is 0.548. The predicted octanol–water partition coefficient (Wildman–Crippen LogP) is 5.12. The summed E-state index contributed by atoms with van der Waals surface area (Å²) in [6.07, 6.45) is 10.2. The molecule has 0 amide bonds. The van der Waals surface area contributed by atoms with Crippen LogP contribution in [-0.2, 0) is 0 Å². The highest BCUT2D eigenvalue weighted by atomic mass is 14.2. The van der Waals surface area contributed by atoms with Gasteiger partial charge in [-0.15, -0.1) is 0 Å². The zero-order valence-electron chi connectivity index (χ0n) is 10.7. The second kappa shape index (κ2) is 6.15. The third-order valence-corrected chi connectivity index (χ3v) is 3.49. The van der Waals surface area contributed by atoms with Crippen molar-refractivity contribution in [3.8, 4) is 0 Å². The molecule has 0 saturated heterocycles. The number of hydrogen-bond acceptors (Lipinski definition) is 0. The first-order chi connectivity index (χ1) is 7.09. The van der Waals surface area contributed by atoms with Crippen molar-refractivity contribution < 1.29 is 0 Å². The molecule has 0 aromatic carbocycles. The summed E-state index contributed by atoms with van der Waals surface area (Å²) in [6.45, 7) is 11.1. The molecular weight excluding hydrogens is 180 g/mol. The number of hydrogen-bond donors (Lipinski definition) is 0. The topological polar surface area (TPSA) is 0 Å². The lowest BCUT2D eigenvalue weighted by Crippen LogP contribution is -2.07. The van der Waals surface area contributed by atoms with Gasteiger partial charge < -0.3 is 0 Å². The molecule has 0 fully saturated rings. The van der Waals surface area contributed by atoms with Gasteiger partial charge in [0, 0.05) is 0 Å². The summed E-state index contributed by atoms with van der Waals surface area (Å²) in [5, 5.41) is 0. The molecule has 0 saturated carbocycles. The first-order valence-electron chi connectivity index (χ1n) is 6.43. The van der Waals surface area contributed by atoms with E-state index in [0.717, 1.165) is 11.8 Å². The van der Waals surface area contributed by atoms with Crippen molar-refractivity contribution in [1.82, 2.24) is 0 Å². The molecule has 0 aliphatic heterocycles. The van der Waals surface area contributed by atoms with Gasteiger partial charge in [0.2, 0.25) is 0 Å². The molecule has 15 heavy (non-hydrogen) atoms. The first kappa shape index (κ1) is 12.5. The second-order valence-electron chi connectivity index (χ2n) is 5.47. The van der Waals surface area contributed by atoms with Crippen molar-refractivity contribution in [1.29, 1.82) is 0 Å². The van der Waals surface area contributed by atoms with Crippen LogP contribution in [0.4, 0.5) is 0 Å². The van der Waals surface area contributed by atoms with Gasteiger partial charge in [-0.05, 0) is 50.9 Å². The van der Waals surface area contributed by atoms with Gasteiger partial charge in [-0.3, -0.25) is 0 Å². The van der Waals surface area contributed by atoms with Crippen LogP contribution in [0.2, 0.25) is 0 Å². The highest BCUT2D eigenvalue weighted by molar-refractivity contribution is 5.11. The molecule has 0 bridgehead atoms. The summed E-state index contributed by atoms with van der Waals surface area (Å²) >= 11 is 0. The van der Waals surface area contributed by atoms with E-state index in [9.17, 15) is 0 Å². The Morgan fingerprint density at radius 1 is 1.53 bits per heavy atom. The van der Waals surface area contributed by atoms with Crippen molar-refractivity contribution in [3.05, 3.63) is 23.8 Å². The predicted molar refractivity (Wildman–Crippen MR) is 68.9 cm³/mol. The van der Waals surface area contributed by atoms with Crippen LogP contribution in [0.3, 0.4) is 0 Å². The van der Waals surface area contributed by atoms with E-state index in [4.69, 9.17) is 0 Å². The molecule has 1 aliphatic carbocycles. The lowest BCUT2D eigenvalue weighted by atomic mass is 9.83. The molecule has 1 atom stereocenters. The van der Waals surface area contributed by atoms with Crippen molar-refractivity contribution in [3.63, 3.8) is 0 Å². The molecule has 0 aromatic heterocycles. The van der Waals surface area contributed by atoms with Crippen molar-refractivity contribution in [2.75, 3.05) is 0 Å². The van der Waals surface area contributed by atoms with E-state index in [1.165, 1.54) is 44.1 Å². The maximum Gasteiger partial charge on any atom is -0.0168 e. The molecule has 0 heterocycles. The van der Waals surface area contributed by atoms with E-state index in [-0.39, 0.29) is 0 Å². The molecule has 0 spiro atoms. The molecule has 86 valence electrons. The van der Waals surface area contributed by atoms with Crippen LogP contribution < -0.4 is 0 Å². The van der Waals surface area contributed by atoms with Crippen LogP contribution in [-0.4, -0.2) is 0 Å². The Morgan fingerprint density at radius 3 is 2.80 bits per heavy atom. The summed E-state index contributed by atoms with van der Waals surface area (Å²) in [5.41, 5.74) is 3.07. The van der Waals surface area contributed by atoms with E-state index in [2.05, 4.69) is 33.4 Å². The number of rotatable bonds is 5. The van der Waals surface area contributed by atoms with Gasteiger partial charge in [-0.2, -0.15) is 0 Å². The lowest BCUT2D eigenvalue weighted by Gasteiger charge is -2.22. The molecule has 0 aromatic rings. The maximum atomic E-state index is 4.27. The zero-order chi connectivity index (χ0) is 11.3. The minimum absolute atomic E-state index is 0.779. The van der Waals surface area contributed by atoms with E-state index in [1.807, 2.05) is 0 Å². The summed E-state index contributed by atoms with van der Waals surface area (Å²) in [7, 11) is 0. The Morgan fingerprint density at radius 2 is 2.27 bits per heavy atom. The summed E-state index contributed by atoms with van der Waals surface area (Å²) < 4.78 is 0. The minimum atomic E-state index is 0.779. The van der Waals surface area contributed by atoms with Crippen LogP contribution in [0.1, 0.15) is 59.3 Å². The van der Waals surface area contributed by atoms with Gasteiger partial charge in [-0.1, -0.05) is 44.1 Å². The number of allylic oxidation sites excluding steroid dienone is 3. The average molecular weight is 206 g/mol. The fourth-order valence-electron chi connectivity index (χ4n) is 2.28. The SMILES string of the molecule is C=C(CCCC(C)C)C1CC=C(C)CC1. The van der Waals surface area contributed by atoms with Crippen LogP contribution in [0.5, 0.6) is 0 Å². The smallest absolute Gasteiger partial charge is 0.0168 e. The van der Waals surface area contributed by atoms with Crippen LogP contribution in [0.15, 0.2) is 23.8 Å². The van der Waals surface area contributed by atoms with Crippen molar-refractivity contribution >= 4 is 0 Å². The molecule has 1 aliphatic rings. The van der Waals surface area contributed by atoms with Crippen LogP contribution in [0, 0.1) is 11.8 Å². The Hall–Kier alpha value is -0.520. The third kappa shape index (κ3) is 4.68. The van der Waals surface area contributed by atoms with Crippen molar-refractivity contribution in [2.45, 2.75) is 59.3 Å². The first-order valence-corrected chi connectivity index (χ1v) is 6.43. The largest absolute Gasteiger partial charge is 0.0996 e. The van der Waals surface area contributed by atoms with Gasteiger partial charge in [0.15, 0.2) is 0 Å². The molecule has 0 heteroatoms. The van der Waals surface area contributed by atoms with Gasteiger partial charge in [-0.25, -0.2) is 0 Å². The van der Waals surface area contributed by atoms with E-state index >= 15 is 0 Å². The highest BCUT2D eigenvalue weighted by Gasteiger charge is 2.15. The summed E-state index contributed by atoms with van der Waals surface area (Å²) in [5.74, 6) is 1.62. The van der Waals surface area contributed by atoms with Crippen molar-refractivity contribution in [2.24, 2.45) is 11.8 Å². The normalized spacial score (nSPS) is 21.6. The van der Waals surface area contributed by atoms with E-state index in [0.29, 0.717) is 0 Å². The molecule has 1 unspecified atom stereocenters. The highest BCUT2D eigenvalue weighted by Crippen LogP contribution is 2.30. The average Bonchev–Trinajstić information content (AvgIpc) is 2.18. The van der Waals surface area contributed by atoms with Gasteiger partial charge in [0.1, 0.15) is 0 Å². The third-order valence-electron chi connectivity index (χ3n) is 3.49. The maximum absolute atomic E-state index is 4.27. The molecule has 0 N–H and O–H groups in total. The standard InChI is InChI=1S/C15H26/c1-12(2)6-5-7-14(4)15-10-8-13(3)9-11-15/h8,12,15H,4-7,9-11H2,1-3H3. The Labute approximate surface area is 95.5 Å². The zero-order valence-corrected chi connectivity index (χ0v) is 10.7. The lowest BCUT2D eigenvalue weighted by molar-refractivity contribution is 0.495. The van der Waals surface area contributed by atoms with E-state index in [1.54, 1.807) is 5.57 Å². The monoisotopic (exact) mass is 206 g/mol. The molecule has 0 nitrogen and oxygen atoms in total. The fourth-order valence-corrected chi connectivity index (χ4v) is 2.28.